The number of rotatable bonds is 7. The second-order valence-electron chi connectivity index (χ2n) is 10.4. The summed E-state index contributed by atoms with van der Waals surface area (Å²) in [6, 6.07) is 14.2. The highest BCUT2D eigenvalue weighted by atomic mass is 35.5. The molecule has 0 radical (unpaired) electrons. The SMILES string of the molecule is COC[C@@H]1CCCN1C(=O)Cc1ccc(-n2nc(C(C)(C)C)cc2NC(=O)Nc2cccc(Cl)c2Cl)cc1. The predicted molar refractivity (Wildman–Crippen MR) is 152 cm³/mol. The quantitative estimate of drug-likeness (QED) is 0.356. The van der Waals surface area contributed by atoms with Crippen molar-refractivity contribution in [1.29, 1.82) is 0 Å². The number of benzene rings is 2. The number of ether oxygens (including phenoxy) is 1. The van der Waals surface area contributed by atoms with E-state index in [0.717, 1.165) is 36.3 Å². The van der Waals surface area contributed by atoms with E-state index in [1.54, 1.807) is 30.0 Å². The van der Waals surface area contributed by atoms with Gasteiger partial charge >= 0.3 is 6.03 Å². The Morgan fingerprint density at radius 2 is 1.84 bits per heavy atom. The van der Waals surface area contributed by atoms with E-state index < -0.39 is 6.03 Å². The van der Waals surface area contributed by atoms with Crippen molar-refractivity contribution < 1.29 is 14.3 Å². The van der Waals surface area contributed by atoms with E-state index >= 15 is 0 Å². The number of anilines is 2. The van der Waals surface area contributed by atoms with E-state index in [4.69, 9.17) is 33.0 Å². The van der Waals surface area contributed by atoms with Crippen LogP contribution in [0.25, 0.3) is 5.69 Å². The van der Waals surface area contributed by atoms with Crippen molar-refractivity contribution in [3.05, 3.63) is 69.8 Å². The number of nitrogens with one attached hydrogen (secondary N) is 2. The molecule has 0 saturated carbocycles. The second-order valence-corrected chi connectivity index (χ2v) is 11.2. The minimum absolute atomic E-state index is 0.102. The summed E-state index contributed by atoms with van der Waals surface area (Å²) in [5, 5.41) is 11.0. The number of hydrogen-bond donors (Lipinski definition) is 2. The summed E-state index contributed by atoms with van der Waals surface area (Å²) in [7, 11) is 1.67. The van der Waals surface area contributed by atoms with Gasteiger partial charge in [0.2, 0.25) is 5.91 Å². The van der Waals surface area contributed by atoms with Gasteiger partial charge in [-0.25, -0.2) is 9.48 Å². The zero-order valence-electron chi connectivity index (χ0n) is 22.1. The summed E-state index contributed by atoms with van der Waals surface area (Å²) >= 11 is 12.3. The van der Waals surface area contributed by atoms with Crippen LogP contribution in [0.5, 0.6) is 0 Å². The molecule has 2 aromatic carbocycles. The molecule has 0 bridgehead atoms. The topological polar surface area (TPSA) is 88.5 Å². The van der Waals surface area contributed by atoms with Gasteiger partial charge in [0.1, 0.15) is 5.82 Å². The standard InChI is InChI=1S/C28H33Cl2N5O3/c1-28(2,3)23-16-24(32-27(37)31-22-9-5-8-21(29)26(22)30)35(33-23)19-12-10-18(11-13-19)15-25(36)34-14-6-7-20(34)17-38-4/h5,8-13,16,20H,6-7,14-15,17H2,1-4H3,(H2,31,32,37)/t20-/m0/s1. The average Bonchev–Trinajstić information content (AvgIpc) is 3.50. The Bertz CT molecular complexity index is 1300. The van der Waals surface area contributed by atoms with Gasteiger partial charge in [0.15, 0.2) is 0 Å². The molecule has 2 heterocycles. The Morgan fingerprint density at radius 1 is 1.11 bits per heavy atom. The van der Waals surface area contributed by atoms with Crippen LogP contribution in [0.15, 0.2) is 48.5 Å². The Morgan fingerprint density at radius 3 is 2.53 bits per heavy atom. The number of likely N-dealkylation sites (tertiary alicyclic amines) is 1. The van der Waals surface area contributed by atoms with Gasteiger partial charge in [-0.1, -0.05) is 62.2 Å². The normalized spacial score (nSPS) is 15.5. The van der Waals surface area contributed by atoms with Gasteiger partial charge in [0, 0.05) is 25.1 Å². The van der Waals surface area contributed by atoms with E-state index in [2.05, 4.69) is 31.4 Å². The van der Waals surface area contributed by atoms with Gasteiger partial charge in [-0.2, -0.15) is 5.10 Å². The molecule has 8 nitrogen and oxygen atoms in total. The van der Waals surface area contributed by atoms with E-state index in [0.29, 0.717) is 29.6 Å². The number of urea groups is 1. The van der Waals surface area contributed by atoms with Gasteiger partial charge in [0.25, 0.3) is 0 Å². The van der Waals surface area contributed by atoms with Crippen LogP contribution < -0.4 is 10.6 Å². The molecule has 202 valence electrons. The predicted octanol–water partition coefficient (Wildman–Crippen LogP) is 6.30. The maximum atomic E-state index is 12.9. The molecule has 38 heavy (non-hydrogen) atoms. The first-order valence-corrected chi connectivity index (χ1v) is 13.3. The average molecular weight is 559 g/mol. The summed E-state index contributed by atoms with van der Waals surface area (Å²) in [6.07, 6.45) is 2.29. The minimum atomic E-state index is -0.478. The smallest absolute Gasteiger partial charge is 0.324 e. The molecule has 1 atom stereocenters. The minimum Gasteiger partial charge on any atom is -0.383 e. The molecule has 2 N–H and O–H groups in total. The van der Waals surface area contributed by atoms with Gasteiger partial charge in [-0.3, -0.25) is 10.1 Å². The summed E-state index contributed by atoms with van der Waals surface area (Å²) in [5.74, 6) is 0.596. The number of aromatic nitrogens is 2. The first kappa shape index (κ1) is 28.0. The van der Waals surface area contributed by atoms with Crippen LogP contribution in [0.1, 0.15) is 44.9 Å². The Kier molecular flexibility index (Phi) is 8.65. The lowest BCUT2D eigenvalue weighted by Gasteiger charge is -2.24. The highest BCUT2D eigenvalue weighted by Gasteiger charge is 2.28. The lowest BCUT2D eigenvalue weighted by molar-refractivity contribution is -0.132. The number of halogens is 2. The summed E-state index contributed by atoms with van der Waals surface area (Å²) in [4.78, 5) is 27.7. The molecule has 1 aromatic heterocycles. The summed E-state index contributed by atoms with van der Waals surface area (Å²) in [5.41, 5.74) is 2.64. The van der Waals surface area contributed by atoms with Crippen LogP contribution in [0.4, 0.5) is 16.3 Å². The second kappa shape index (κ2) is 11.8. The lowest BCUT2D eigenvalue weighted by atomic mass is 9.92. The van der Waals surface area contributed by atoms with Crippen molar-refractivity contribution in [1.82, 2.24) is 14.7 Å². The monoisotopic (exact) mass is 557 g/mol. The van der Waals surface area contributed by atoms with Gasteiger partial charge in [0.05, 0.1) is 46.2 Å². The highest BCUT2D eigenvalue weighted by molar-refractivity contribution is 6.44. The third-order valence-corrected chi connectivity index (χ3v) is 7.33. The molecular formula is C28H33Cl2N5O3. The molecule has 1 aliphatic heterocycles. The Balaban J connectivity index is 1.52. The number of methoxy groups -OCH3 is 1. The molecule has 3 amide bonds. The first-order chi connectivity index (χ1) is 18.1. The molecule has 1 fully saturated rings. The van der Waals surface area contributed by atoms with Crippen molar-refractivity contribution >= 4 is 46.6 Å². The van der Waals surface area contributed by atoms with Crippen molar-refractivity contribution in [2.75, 3.05) is 30.9 Å². The molecule has 1 aliphatic rings. The van der Waals surface area contributed by atoms with Crippen molar-refractivity contribution in [3.63, 3.8) is 0 Å². The Labute approximate surface area is 233 Å². The van der Waals surface area contributed by atoms with Gasteiger partial charge < -0.3 is 15.0 Å². The molecule has 1 saturated heterocycles. The van der Waals surface area contributed by atoms with Crippen molar-refractivity contribution in [3.8, 4) is 5.69 Å². The fourth-order valence-corrected chi connectivity index (χ4v) is 4.81. The van der Waals surface area contributed by atoms with Crippen molar-refractivity contribution in [2.45, 2.75) is 51.5 Å². The number of nitrogens with zero attached hydrogens (tertiary/aromatic N) is 3. The highest BCUT2D eigenvalue weighted by Crippen LogP contribution is 2.30. The molecule has 3 aromatic rings. The first-order valence-electron chi connectivity index (χ1n) is 12.6. The maximum Gasteiger partial charge on any atom is 0.324 e. The third-order valence-electron chi connectivity index (χ3n) is 6.51. The molecule has 0 unspecified atom stereocenters. The lowest BCUT2D eigenvalue weighted by Crippen LogP contribution is -2.39. The summed E-state index contributed by atoms with van der Waals surface area (Å²) < 4.78 is 6.96. The van der Waals surface area contributed by atoms with Crippen LogP contribution >= 0.6 is 23.2 Å². The fraction of sp³-hybridized carbons (Fsp3) is 0.393. The number of amides is 3. The zero-order valence-corrected chi connectivity index (χ0v) is 23.6. The maximum absolute atomic E-state index is 12.9. The van der Waals surface area contributed by atoms with Crippen LogP contribution in [-0.2, 0) is 21.4 Å². The third kappa shape index (κ3) is 6.49. The molecule has 4 rings (SSSR count). The van der Waals surface area contributed by atoms with E-state index in [-0.39, 0.29) is 22.4 Å². The van der Waals surface area contributed by atoms with Crippen molar-refractivity contribution in [2.24, 2.45) is 0 Å². The van der Waals surface area contributed by atoms with E-state index in [1.807, 2.05) is 35.2 Å². The van der Waals surface area contributed by atoms with Gasteiger partial charge in [-0.05, 0) is 42.7 Å². The molecule has 0 spiro atoms. The fourth-order valence-electron chi connectivity index (χ4n) is 4.46. The molecule has 10 heteroatoms. The number of carbonyl (C=O) groups excluding carboxylic acids is 2. The largest absolute Gasteiger partial charge is 0.383 e. The van der Waals surface area contributed by atoms with E-state index in [1.165, 1.54) is 0 Å². The van der Waals surface area contributed by atoms with Crippen LogP contribution in [-0.4, -0.2) is 52.9 Å². The van der Waals surface area contributed by atoms with Gasteiger partial charge in [-0.15, -0.1) is 0 Å². The van der Waals surface area contributed by atoms with Crippen LogP contribution in [0, 0.1) is 0 Å². The number of hydrogen-bond acceptors (Lipinski definition) is 4. The summed E-state index contributed by atoms with van der Waals surface area (Å²) in [6.45, 7) is 7.50. The molecule has 0 aliphatic carbocycles. The zero-order chi connectivity index (χ0) is 27.4. The Hall–Kier alpha value is -3.07. The van der Waals surface area contributed by atoms with Crippen LogP contribution in [0.3, 0.4) is 0 Å². The van der Waals surface area contributed by atoms with Crippen LogP contribution in [0.2, 0.25) is 10.0 Å². The number of carbonyl (C=O) groups is 2. The molecular weight excluding hydrogens is 525 g/mol. The van der Waals surface area contributed by atoms with E-state index in [9.17, 15) is 9.59 Å².